The summed E-state index contributed by atoms with van der Waals surface area (Å²) in [4.78, 5) is 13.2. The van der Waals surface area contributed by atoms with E-state index in [1.807, 2.05) is 0 Å². The molecule has 0 spiro atoms. The smallest absolute Gasteiger partial charge is 0.458 e. The Balaban J connectivity index is 2.32. The normalized spacial score (nSPS) is 18.2. The second-order valence-electron chi connectivity index (χ2n) is 6.58. The molecule has 10 heteroatoms. The van der Waals surface area contributed by atoms with Crippen molar-refractivity contribution in [1.29, 1.82) is 0 Å². The number of carbonyl (C=O) groups is 1. The van der Waals surface area contributed by atoms with Crippen LogP contribution in [0.15, 0.2) is 18.2 Å². The highest BCUT2D eigenvalue weighted by atomic mass is 19.4. The minimum absolute atomic E-state index is 0.0397. The molecule has 1 fully saturated rings. The molecular formula is C17H21F5N2O3. The number of halogens is 5. The molecule has 152 valence electrons. The predicted octanol–water partition coefficient (Wildman–Crippen LogP) is 3.68. The van der Waals surface area contributed by atoms with Gasteiger partial charge in [0.1, 0.15) is 12.4 Å². The lowest BCUT2D eigenvalue weighted by atomic mass is 10.1. The molecule has 1 aromatic rings. The molecule has 0 saturated carbocycles. The Morgan fingerprint density at radius 3 is 2.30 bits per heavy atom. The van der Waals surface area contributed by atoms with E-state index in [9.17, 15) is 26.7 Å². The number of hydrogen-bond acceptors (Lipinski definition) is 5. The molecule has 1 aliphatic heterocycles. The maximum Gasteiger partial charge on any atom is 0.458 e. The lowest BCUT2D eigenvalue weighted by Crippen LogP contribution is -2.52. The number of benzene rings is 1. The topological polar surface area (TPSA) is 64.8 Å². The monoisotopic (exact) mass is 396 g/mol. The standard InChI is InChI=1S/C17H21F5N2O3/c1-11(25)27-15(2,24-7-3-4-8-24)10-26-14-9-12(23)5-6-13(14)16(18,19)17(20,21)22/h5-6,9H,3-4,7-8,10,23H2,1-2H3/t15-/m1/s1. The third kappa shape index (κ3) is 4.60. The molecule has 2 N–H and O–H groups in total. The summed E-state index contributed by atoms with van der Waals surface area (Å²) in [6, 6.07) is 2.41. The average molecular weight is 396 g/mol. The Morgan fingerprint density at radius 1 is 1.19 bits per heavy atom. The SMILES string of the molecule is CC(=O)O[C@](C)(COc1cc(N)ccc1C(F)(F)C(F)(F)F)N1CCCC1. The zero-order valence-electron chi connectivity index (χ0n) is 14.9. The minimum Gasteiger partial charge on any atom is -0.487 e. The van der Waals surface area contributed by atoms with Crippen LogP contribution in [-0.4, -0.2) is 42.5 Å². The molecule has 0 aromatic heterocycles. The van der Waals surface area contributed by atoms with Crippen LogP contribution < -0.4 is 10.5 Å². The summed E-state index contributed by atoms with van der Waals surface area (Å²) in [6.45, 7) is 3.42. The summed E-state index contributed by atoms with van der Waals surface area (Å²) >= 11 is 0. The van der Waals surface area contributed by atoms with Gasteiger partial charge in [0.15, 0.2) is 5.72 Å². The number of carbonyl (C=O) groups excluding carboxylic acids is 1. The first-order valence-corrected chi connectivity index (χ1v) is 8.29. The molecule has 1 saturated heterocycles. The zero-order valence-corrected chi connectivity index (χ0v) is 14.9. The van der Waals surface area contributed by atoms with E-state index in [1.54, 1.807) is 4.90 Å². The Hall–Kier alpha value is -2.10. The van der Waals surface area contributed by atoms with Gasteiger partial charge in [-0.3, -0.25) is 9.69 Å². The summed E-state index contributed by atoms with van der Waals surface area (Å²) in [6.07, 6.45) is -4.12. The van der Waals surface area contributed by atoms with E-state index in [-0.39, 0.29) is 5.69 Å². The maximum atomic E-state index is 13.8. The number of anilines is 1. The largest absolute Gasteiger partial charge is 0.487 e. The second-order valence-corrected chi connectivity index (χ2v) is 6.58. The maximum absolute atomic E-state index is 13.8. The van der Waals surface area contributed by atoms with Crippen LogP contribution in [0.2, 0.25) is 0 Å². The van der Waals surface area contributed by atoms with E-state index in [0.717, 1.165) is 25.0 Å². The van der Waals surface area contributed by atoms with Crippen molar-refractivity contribution >= 4 is 11.7 Å². The fraction of sp³-hybridized carbons (Fsp3) is 0.588. The number of likely N-dealkylation sites (tertiary alicyclic amines) is 1. The van der Waals surface area contributed by atoms with E-state index in [4.69, 9.17) is 15.2 Å². The van der Waals surface area contributed by atoms with Crippen molar-refractivity contribution in [3.63, 3.8) is 0 Å². The first kappa shape index (κ1) is 21.2. The summed E-state index contributed by atoms with van der Waals surface area (Å²) in [5.74, 6) is -6.46. The van der Waals surface area contributed by atoms with Gasteiger partial charge in [-0.15, -0.1) is 0 Å². The van der Waals surface area contributed by atoms with Crippen molar-refractivity contribution in [3.05, 3.63) is 23.8 Å². The molecule has 0 bridgehead atoms. The van der Waals surface area contributed by atoms with Crippen LogP contribution in [0.5, 0.6) is 5.75 Å². The van der Waals surface area contributed by atoms with Crippen LogP contribution in [0.4, 0.5) is 27.6 Å². The molecule has 1 atom stereocenters. The van der Waals surface area contributed by atoms with Crippen molar-refractivity contribution in [3.8, 4) is 5.75 Å². The third-order valence-electron chi connectivity index (χ3n) is 4.33. The Labute approximate surface area is 153 Å². The fourth-order valence-corrected chi connectivity index (χ4v) is 2.97. The summed E-state index contributed by atoms with van der Waals surface area (Å²) in [5.41, 5.74) is 2.82. The van der Waals surface area contributed by atoms with E-state index in [0.29, 0.717) is 19.2 Å². The molecule has 0 amide bonds. The van der Waals surface area contributed by atoms with Crippen LogP contribution in [0.1, 0.15) is 32.3 Å². The number of nitrogens with zero attached hydrogens (tertiary/aromatic N) is 1. The van der Waals surface area contributed by atoms with E-state index < -0.39 is 41.7 Å². The molecule has 2 rings (SSSR count). The first-order valence-electron chi connectivity index (χ1n) is 8.29. The molecule has 5 nitrogen and oxygen atoms in total. The van der Waals surface area contributed by atoms with Crippen molar-refractivity contribution in [2.24, 2.45) is 0 Å². The minimum atomic E-state index is -5.80. The van der Waals surface area contributed by atoms with Crippen LogP contribution in [-0.2, 0) is 15.5 Å². The Bertz CT molecular complexity index is 690. The highest BCUT2D eigenvalue weighted by Crippen LogP contribution is 2.47. The Kier molecular flexibility index (Phi) is 5.88. The van der Waals surface area contributed by atoms with Gasteiger partial charge < -0.3 is 15.2 Å². The number of rotatable bonds is 6. The van der Waals surface area contributed by atoms with Gasteiger partial charge in [-0.1, -0.05) is 0 Å². The number of nitrogens with two attached hydrogens (primary N) is 1. The first-order chi connectivity index (χ1) is 12.4. The van der Waals surface area contributed by atoms with Gasteiger partial charge in [0.2, 0.25) is 0 Å². The van der Waals surface area contributed by atoms with Crippen LogP contribution >= 0.6 is 0 Å². The lowest BCUT2D eigenvalue weighted by molar-refractivity contribution is -0.289. The highest BCUT2D eigenvalue weighted by molar-refractivity contribution is 5.66. The Morgan fingerprint density at radius 2 is 1.78 bits per heavy atom. The van der Waals surface area contributed by atoms with Crippen LogP contribution in [0, 0.1) is 0 Å². The molecule has 1 heterocycles. The van der Waals surface area contributed by atoms with Gasteiger partial charge in [-0.05, 0) is 31.9 Å². The van der Waals surface area contributed by atoms with E-state index >= 15 is 0 Å². The van der Waals surface area contributed by atoms with Crippen LogP contribution in [0.25, 0.3) is 0 Å². The predicted molar refractivity (Wildman–Crippen MR) is 87.3 cm³/mol. The van der Waals surface area contributed by atoms with Gasteiger partial charge >= 0.3 is 18.1 Å². The van der Waals surface area contributed by atoms with Gasteiger partial charge in [-0.2, -0.15) is 22.0 Å². The fourth-order valence-electron chi connectivity index (χ4n) is 2.97. The quantitative estimate of drug-likeness (QED) is 0.452. The summed E-state index contributed by atoms with van der Waals surface area (Å²) in [5, 5.41) is 0. The van der Waals surface area contributed by atoms with Gasteiger partial charge in [0.05, 0.1) is 5.56 Å². The van der Waals surface area contributed by atoms with Crippen molar-refractivity contribution in [2.45, 2.75) is 44.5 Å². The molecule has 1 aromatic carbocycles. The molecule has 0 unspecified atom stereocenters. The third-order valence-corrected chi connectivity index (χ3v) is 4.33. The zero-order chi connectivity index (χ0) is 20.5. The molecule has 0 aliphatic carbocycles. The second kappa shape index (κ2) is 7.49. The van der Waals surface area contributed by atoms with Gasteiger partial charge in [0, 0.05) is 31.8 Å². The van der Waals surface area contributed by atoms with E-state index in [1.165, 1.54) is 13.8 Å². The van der Waals surface area contributed by atoms with Gasteiger partial charge in [-0.25, -0.2) is 0 Å². The summed E-state index contributed by atoms with van der Waals surface area (Å²) < 4.78 is 76.6. The molecule has 1 aliphatic rings. The highest BCUT2D eigenvalue weighted by Gasteiger charge is 2.60. The molecule has 27 heavy (non-hydrogen) atoms. The van der Waals surface area contributed by atoms with Crippen molar-refractivity contribution in [1.82, 2.24) is 4.90 Å². The number of alkyl halides is 5. The number of esters is 1. The number of hydrogen-bond donors (Lipinski definition) is 1. The average Bonchev–Trinajstić information content (AvgIpc) is 3.06. The molecular weight excluding hydrogens is 375 g/mol. The van der Waals surface area contributed by atoms with Crippen molar-refractivity contribution in [2.75, 3.05) is 25.4 Å². The van der Waals surface area contributed by atoms with Gasteiger partial charge in [0.25, 0.3) is 0 Å². The molecule has 0 radical (unpaired) electrons. The lowest BCUT2D eigenvalue weighted by Gasteiger charge is -2.37. The van der Waals surface area contributed by atoms with Crippen LogP contribution in [0.3, 0.4) is 0 Å². The number of ether oxygens (including phenoxy) is 2. The summed E-state index contributed by atoms with van der Waals surface area (Å²) in [7, 11) is 0. The van der Waals surface area contributed by atoms with E-state index in [2.05, 4.69) is 0 Å². The number of nitrogen functional groups attached to an aromatic ring is 1. The van der Waals surface area contributed by atoms with Crippen molar-refractivity contribution < 1.29 is 36.2 Å².